The normalized spacial score (nSPS) is 26.7. The summed E-state index contributed by atoms with van der Waals surface area (Å²) in [6, 6.07) is 7.22. The Morgan fingerprint density at radius 1 is 1.42 bits per heavy atom. The molecule has 0 aliphatic heterocycles. The molecule has 4 heteroatoms. The Balaban J connectivity index is 2.31. The van der Waals surface area contributed by atoms with E-state index in [0.717, 1.165) is 5.56 Å². The molecule has 0 saturated heterocycles. The van der Waals surface area contributed by atoms with E-state index >= 15 is 0 Å². The molecule has 2 rings (SSSR count). The van der Waals surface area contributed by atoms with Gasteiger partial charge in [-0.25, -0.2) is 0 Å². The summed E-state index contributed by atoms with van der Waals surface area (Å²) in [5.41, 5.74) is -0.472. The van der Waals surface area contributed by atoms with Crippen molar-refractivity contribution in [2.24, 2.45) is 0 Å². The van der Waals surface area contributed by atoms with Gasteiger partial charge >= 0.3 is 5.97 Å². The molecule has 0 spiro atoms. The number of esters is 1. The van der Waals surface area contributed by atoms with Gasteiger partial charge < -0.3 is 9.84 Å². The van der Waals surface area contributed by atoms with Gasteiger partial charge in [0.2, 0.25) is 0 Å². The van der Waals surface area contributed by atoms with Crippen LogP contribution in [0.4, 0.5) is 0 Å². The Labute approximate surface area is 118 Å². The Bertz CT molecular complexity index is 484. The van der Waals surface area contributed by atoms with Gasteiger partial charge in [-0.1, -0.05) is 23.7 Å². The number of rotatable bonds is 2. The maximum atomic E-state index is 12.4. The number of carbonyl (C=O) groups is 1. The first-order valence-corrected chi connectivity index (χ1v) is 6.78. The SMILES string of the molecule is CC(C)(C)OC(=O)C1(c2cccc(Cl)c2)CC(O)C1. The van der Waals surface area contributed by atoms with E-state index in [-0.39, 0.29) is 5.97 Å². The third-order valence-corrected chi connectivity index (χ3v) is 3.57. The lowest BCUT2D eigenvalue weighted by atomic mass is 9.62. The van der Waals surface area contributed by atoms with Crippen LogP contribution in [0.3, 0.4) is 0 Å². The molecule has 1 aromatic rings. The molecule has 1 aliphatic rings. The summed E-state index contributed by atoms with van der Waals surface area (Å²) >= 11 is 5.99. The van der Waals surface area contributed by atoms with Crippen LogP contribution in [-0.4, -0.2) is 22.8 Å². The minimum atomic E-state index is -0.752. The lowest BCUT2D eigenvalue weighted by Crippen LogP contribution is -2.52. The van der Waals surface area contributed by atoms with Crippen LogP contribution in [0.25, 0.3) is 0 Å². The molecule has 1 aliphatic carbocycles. The molecule has 0 heterocycles. The summed E-state index contributed by atoms with van der Waals surface area (Å²) in [4.78, 5) is 12.4. The standard InChI is InChI=1S/C15H19ClO3/c1-14(2,3)19-13(18)15(8-12(17)9-15)10-5-4-6-11(16)7-10/h4-7,12,17H,8-9H2,1-3H3. The summed E-state index contributed by atoms with van der Waals surface area (Å²) < 4.78 is 5.49. The Morgan fingerprint density at radius 3 is 2.53 bits per heavy atom. The van der Waals surface area contributed by atoms with Crippen molar-refractivity contribution in [3.8, 4) is 0 Å². The predicted octanol–water partition coefficient (Wildman–Crippen LogP) is 3.07. The van der Waals surface area contributed by atoms with E-state index in [1.54, 1.807) is 12.1 Å². The van der Waals surface area contributed by atoms with E-state index in [0.29, 0.717) is 17.9 Å². The molecule has 3 nitrogen and oxygen atoms in total. The van der Waals surface area contributed by atoms with Crippen molar-refractivity contribution >= 4 is 17.6 Å². The smallest absolute Gasteiger partial charge is 0.317 e. The fourth-order valence-electron chi connectivity index (χ4n) is 2.43. The molecule has 1 N–H and O–H groups in total. The lowest BCUT2D eigenvalue weighted by Gasteiger charge is -2.44. The number of ether oxygens (including phenoxy) is 1. The van der Waals surface area contributed by atoms with Gasteiger partial charge in [0.1, 0.15) is 5.60 Å². The first kappa shape index (κ1) is 14.4. The Morgan fingerprint density at radius 2 is 2.05 bits per heavy atom. The van der Waals surface area contributed by atoms with E-state index in [2.05, 4.69) is 0 Å². The lowest BCUT2D eigenvalue weighted by molar-refractivity contribution is -0.171. The van der Waals surface area contributed by atoms with Gasteiger partial charge in [-0.15, -0.1) is 0 Å². The van der Waals surface area contributed by atoms with Crippen molar-refractivity contribution in [1.29, 1.82) is 0 Å². The second-order valence-corrected chi connectivity index (χ2v) is 6.59. The van der Waals surface area contributed by atoms with Crippen molar-refractivity contribution < 1.29 is 14.6 Å². The number of hydrogen-bond acceptors (Lipinski definition) is 3. The molecule has 1 saturated carbocycles. The molecule has 0 unspecified atom stereocenters. The summed E-state index contributed by atoms with van der Waals surface area (Å²) in [5, 5.41) is 10.2. The quantitative estimate of drug-likeness (QED) is 0.848. The van der Waals surface area contributed by atoms with Gasteiger partial charge in [-0.3, -0.25) is 4.79 Å². The maximum absolute atomic E-state index is 12.4. The minimum absolute atomic E-state index is 0.285. The van der Waals surface area contributed by atoms with Gasteiger partial charge in [-0.05, 0) is 51.3 Å². The molecule has 0 amide bonds. The van der Waals surface area contributed by atoms with Crippen LogP contribution in [-0.2, 0) is 14.9 Å². The molecule has 1 fully saturated rings. The number of benzene rings is 1. The van der Waals surface area contributed by atoms with Crippen LogP contribution in [0.2, 0.25) is 5.02 Å². The van der Waals surface area contributed by atoms with Gasteiger partial charge in [0.25, 0.3) is 0 Å². The van der Waals surface area contributed by atoms with Gasteiger partial charge in [0.15, 0.2) is 0 Å². The number of hydrogen-bond donors (Lipinski definition) is 1. The average molecular weight is 283 g/mol. The van der Waals surface area contributed by atoms with E-state index < -0.39 is 17.1 Å². The van der Waals surface area contributed by atoms with Crippen LogP contribution in [0.1, 0.15) is 39.2 Å². The Kier molecular flexibility index (Phi) is 3.63. The third kappa shape index (κ3) is 2.93. The third-order valence-electron chi connectivity index (χ3n) is 3.33. The second kappa shape index (κ2) is 4.80. The highest BCUT2D eigenvalue weighted by Gasteiger charge is 2.53. The van der Waals surface area contributed by atoms with E-state index in [4.69, 9.17) is 16.3 Å². The molecule has 0 bridgehead atoms. The van der Waals surface area contributed by atoms with Crippen molar-refractivity contribution in [2.45, 2.75) is 50.7 Å². The second-order valence-electron chi connectivity index (χ2n) is 6.16. The molecule has 19 heavy (non-hydrogen) atoms. The number of aliphatic hydroxyl groups is 1. The summed E-state index contributed by atoms with van der Waals surface area (Å²) in [7, 11) is 0. The van der Waals surface area contributed by atoms with Crippen molar-refractivity contribution in [1.82, 2.24) is 0 Å². The first-order valence-electron chi connectivity index (χ1n) is 6.40. The number of aliphatic hydroxyl groups excluding tert-OH is 1. The predicted molar refractivity (Wildman–Crippen MR) is 74.2 cm³/mol. The minimum Gasteiger partial charge on any atom is -0.459 e. The van der Waals surface area contributed by atoms with Crippen molar-refractivity contribution in [3.63, 3.8) is 0 Å². The fraction of sp³-hybridized carbons (Fsp3) is 0.533. The van der Waals surface area contributed by atoms with Gasteiger partial charge in [0, 0.05) is 5.02 Å². The number of halogens is 1. The zero-order chi connectivity index (χ0) is 14.3. The highest BCUT2D eigenvalue weighted by Crippen LogP contribution is 2.46. The monoisotopic (exact) mass is 282 g/mol. The van der Waals surface area contributed by atoms with Crippen LogP contribution >= 0.6 is 11.6 Å². The average Bonchev–Trinajstić information content (AvgIpc) is 2.21. The summed E-state index contributed by atoms with van der Waals surface area (Å²) in [6.07, 6.45) is 0.330. The van der Waals surface area contributed by atoms with Crippen molar-refractivity contribution in [3.05, 3.63) is 34.9 Å². The highest BCUT2D eigenvalue weighted by atomic mass is 35.5. The van der Waals surface area contributed by atoms with Crippen molar-refractivity contribution in [2.75, 3.05) is 0 Å². The molecular weight excluding hydrogens is 264 g/mol. The Hall–Kier alpha value is -1.06. The zero-order valence-corrected chi connectivity index (χ0v) is 12.2. The molecule has 0 radical (unpaired) electrons. The largest absolute Gasteiger partial charge is 0.459 e. The van der Waals surface area contributed by atoms with Crippen LogP contribution in [0.15, 0.2) is 24.3 Å². The van der Waals surface area contributed by atoms with Crippen LogP contribution < -0.4 is 0 Å². The van der Waals surface area contributed by atoms with Crippen LogP contribution in [0, 0.1) is 0 Å². The van der Waals surface area contributed by atoms with E-state index in [9.17, 15) is 9.90 Å². The van der Waals surface area contributed by atoms with Crippen LogP contribution in [0.5, 0.6) is 0 Å². The summed E-state index contributed by atoms with van der Waals surface area (Å²) in [6.45, 7) is 5.52. The molecule has 1 aromatic carbocycles. The maximum Gasteiger partial charge on any atom is 0.317 e. The molecule has 104 valence electrons. The zero-order valence-electron chi connectivity index (χ0n) is 11.4. The van der Waals surface area contributed by atoms with Gasteiger partial charge in [0.05, 0.1) is 11.5 Å². The summed E-state index contributed by atoms with van der Waals surface area (Å²) in [5.74, 6) is -0.285. The highest BCUT2D eigenvalue weighted by molar-refractivity contribution is 6.30. The topological polar surface area (TPSA) is 46.5 Å². The van der Waals surface area contributed by atoms with Gasteiger partial charge in [-0.2, -0.15) is 0 Å². The molecule has 0 atom stereocenters. The number of carbonyl (C=O) groups excluding carboxylic acids is 1. The fourth-order valence-corrected chi connectivity index (χ4v) is 2.62. The van der Waals surface area contributed by atoms with E-state index in [1.165, 1.54) is 0 Å². The van der Waals surface area contributed by atoms with E-state index in [1.807, 2.05) is 32.9 Å². The molecular formula is C15H19ClO3. The molecule has 0 aromatic heterocycles. The first-order chi connectivity index (χ1) is 8.73.